The first-order valence-corrected chi connectivity index (χ1v) is 9.10. The molecule has 6 heteroatoms. The number of hydrogen-bond acceptors (Lipinski definition) is 3. The van der Waals surface area contributed by atoms with Crippen molar-refractivity contribution < 1.29 is 4.79 Å². The number of benzene rings is 1. The molecule has 0 atom stereocenters. The van der Waals surface area contributed by atoms with Gasteiger partial charge in [0, 0.05) is 35.4 Å². The Morgan fingerprint density at radius 2 is 2.04 bits per heavy atom. The third kappa shape index (κ3) is 3.49. The number of thiophene rings is 1. The van der Waals surface area contributed by atoms with Crippen LogP contribution in [0, 0.1) is 0 Å². The molecule has 1 aromatic carbocycles. The van der Waals surface area contributed by atoms with Gasteiger partial charge in [-0.2, -0.15) is 16.4 Å². The summed E-state index contributed by atoms with van der Waals surface area (Å²) in [5.41, 5.74) is 3.17. The van der Waals surface area contributed by atoms with E-state index in [9.17, 15) is 4.79 Å². The number of carbonyl (C=O) groups excluding carboxylic acids is 1. The number of nitrogens with one attached hydrogen (secondary N) is 1. The van der Waals surface area contributed by atoms with Crippen LogP contribution >= 0.6 is 11.3 Å². The van der Waals surface area contributed by atoms with Crippen LogP contribution in [-0.4, -0.2) is 26.8 Å². The Morgan fingerprint density at radius 3 is 2.92 bits per heavy atom. The smallest absolute Gasteiger partial charge is 0.240 e. The first-order chi connectivity index (χ1) is 12.3. The average molecular weight is 350 g/mol. The molecule has 4 rings (SSSR count). The van der Waals surface area contributed by atoms with Gasteiger partial charge in [-0.3, -0.25) is 9.48 Å². The minimum atomic E-state index is 0.00608. The maximum atomic E-state index is 12.2. The summed E-state index contributed by atoms with van der Waals surface area (Å²) in [4.78, 5) is 12.2. The van der Waals surface area contributed by atoms with Crippen molar-refractivity contribution >= 4 is 28.1 Å². The van der Waals surface area contributed by atoms with Crippen molar-refractivity contribution in [2.24, 2.45) is 0 Å². The van der Waals surface area contributed by atoms with Crippen molar-refractivity contribution in [2.45, 2.75) is 13.1 Å². The lowest BCUT2D eigenvalue weighted by atomic mass is 10.2. The van der Waals surface area contributed by atoms with Crippen LogP contribution in [0.4, 0.5) is 0 Å². The lowest BCUT2D eigenvalue weighted by Crippen LogP contribution is -2.30. The summed E-state index contributed by atoms with van der Waals surface area (Å²) in [5.74, 6) is 0.00608. The Balaban J connectivity index is 1.30. The Labute approximate surface area is 149 Å². The van der Waals surface area contributed by atoms with Crippen LogP contribution in [0.3, 0.4) is 0 Å². The largest absolute Gasteiger partial charge is 0.353 e. The average Bonchev–Trinajstić information content (AvgIpc) is 3.35. The van der Waals surface area contributed by atoms with E-state index in [0.717, 1.165) is 22.2 Å². The van der Waals surface area contributed by atoms with Gasteiger partial charge in [-0.15, -0.1) is 0 Å². The fraction of sp³-hybridized carbons (Fsp3) is 0.158. The van der Waals surface area contributed by atoms with E-state index in [1.165, 1.54) is 0 Å². The van der Waals surface area contributed by atoms with Gasteiger partial charge in [-0.1, -0.05) is 18.2 Å². The third-order valence-electron chi connectivity index (χ3n) is 4.11. The highest BCUT2D eigenvalue weighted by molar-refractivity contribution is 7.08. The van der Waals surface area contributed by atoms with Crippen LogP contribution in [0.2, 0.25) is 0 Å². The minimum absolute atomic E-state index is 0.00608. The molecular weight excluding hydrogens is 332 g/mol. The fourth-order valence-corrected chi connectivity index (χ4v) is 3.50. The number of carbonyl (C=O) groups is 1. The molecule has 0 aliphatic rings. The van der Waals surface area contributed by atoms with Crippen molar-refractivity contribution in [3.05, 3.63) is 65.6 Å². The molecule has 4 aromatic rings. The summed E-state index contributed by atoms with van der Waals surface area (Å²) >= 11 is 1.66. The van der Waals surface area contributed by atoms with Gasteiger partial charge in [-0.05, 0) is 35.0 Å². The highest BCUT2D eigenvalue weighted by Gasteiger charge is 2.06. The van der Waals surface area contributed by atoms with E-state index < -0.39 is 0 Å². The summed E-state index contributed by atoms with van der Waals surface area (Å²) in [6.07, 6.45) is 3.89. The highest BCUT2D eigenvalue weighted by atomic mass is 32.1. The molecule has 0 spiro atoms. The maximum absolute atomic E-state index is 12.2. The highest BCUT2D eigenvalue weighted by Crippen LogP contribution is 2.19. The number of nitrogens with zero attached hydrogens (tertiary/aromatic N) is 3. The van der Waals surface area contributed by atoms with Crippen molar-refractivity contribution in [1.82, 2.24) is 19.7 Å². The Morgan fingerprint density at radius 1 is 1.12 bits per heavy atom. The molecule has 0 unspecified atom stereocenters. The van der Waals surface area contributed by atoms with E-state index in [-0.39, 0.29) is 5.91 Å². The van der Waals surface area contributed by atoms with Gasteiger partial charge in [0.25, 0.3) is 0 Å². The first-order valence-electron chi connectivity index (χ1n) is 8.16. The third-order valence-corrected chi connectivity index (χ3v) is 4.80. The molecule has 0 fully saturated rings. The van der Waals surface area contributed by atoms with Crippen LogP contribution in [0.1, 0.15) is 0 Å². The zero-order valence-corrected chi connectivity index (χ0v) is 14.4. The summed E-state index contributed by atoms with van der Waals surface area (Å²) in [5, 5.41) is 12.8. The van der Waals surface area contributed by atoms with Crippen LogP contribution in [0.25, 0.3) is 22.2 Å². The number of aromatic nitrogens is 3. The molecule has 1 amide bonds. The number of hydrogen-bond donors (Lipinski definition) is 1. The molecule has 25 heavy (non-hydrogen) atoms. The molecule has 0 saturated carbocycles. The minimum Gasteiger partial charge on any atom is -0.353 e. The molecular formula is C19H18N4OS. The van der Waals surface area contributed by atoms with E-state index in [0.29, 0.717) is 19.6 Å². The number of rotatable bonds is 6. The predicted molar refractivity (Wildman–Crippen MR) is 100 cm³/mol. The molecule has 3 aromatic heterocycles. The van der Waals surface area contributed by atoms with Gasteiger partial charge in [0.05, 0.1) is 12.2 Å². The molecule has 0 saturated heterocycles. The van der Waals surface area contributed by atoms with Crippen molar-refractivity contribution in [2.75, 3.05) is 6.54 Å². The number of fused-ring (bicyclic) bond motifs is 1. The Bertz CT molecular complexity index is 984. The van der Waals surface area contributed by atoms with Gasteiger partial charge >= 0.3 is 0 Å². The number of amides is 1. The van der Waals surface area contributed by atoms with Crippen molar-refractivity contribution in [3.63, 3.8) is 0 Å². The van der Waals surface area contributed by atoms with Crippen LogP contribution in [0.15, 0.2) is 65.6 Å². The molecule has 1 N–H and O–H groups in total. The van der Waals surface area contributed by atoms with Gasteiger partial charge in [0.1, 0.15) is 6.54 Å². The fourth-order valence-electron chi connectivity index (χ4n) is 2.85. The number of para-hydroxylation sites is 1. The standard InChI is InChI=1S/C19H18N4OS/c24-19(13-22-9-5-15-3-1-2-4-18(15)22)20-8-11-23-10-6-17(21-23)16-7-12-25-14-16/h1-7,9-10,12,14H,8,11,13H2,(H,20,24). The molecule has 0 aliphatic carbocycles. The molecule has 5 nitrogen and oxygen atoms in total. The normalized spacial score (nSPS) is 11.0. The molecule has 0 aliphatic heterocycles. The lowest BCUT2D eigenvalue weighted by molar-refractivity contribution is -0.121. The van der Waals surface area contributed by atoms with E-state index in [4.69, 9.17) is 0 Å². The maximum Gasteiger partial charge on any atom is 0.240 e. The van der Waals surface area contributed by atoms with Gasteiger partial charge in [-0.25, -0.2) is 0 Å². The van der Waals surface area contributed by atoms with Crippen LogP contribution < -0.4 is 5.32 Å². The zero-order valence-electron chi connectivity index (χ0n) is 13.6. The van der Waals surface area contributed by atoms with Gasteiger partial charge < -0.3 is 9.88 Å². The van der Waals surface area contributed by atoms with Gasteiger partial charge in [0.15, 0.2) is 0 Å². The quantitative estimate of drug-likeness (QED) is 0.579. The molecule has 0 radical (unpaired) electrons. The van der Waals surface area contributed by atoms with Crippen LogP contribution in [0.5, 0.6) is 0 Å². The summed E-state index contributed by atoms with van der Waals surface area (Å²) in [6, 6.07) is 14.1. The molecule has 3 heterocycles. The van der Waals surface area contributed by atoms with E-state index >= 15 is 0 Å². The topological polar surface area (TPSA) is 51.9 Å². The Kier molecular flexibility index (Phi) is 4.35. The lowest BCUT2D eigenvalue weighted by Gasteiger charge is -2.07. The second-order valence-electron chi connectivity index (χ2n) is 5.83. The second kappa shape index (κ2) is 6.94. The molecule has 0 bridgehead atoms. The Hall–Kier alpha value is -2.86. The van der Waals surface area contributed by atoms with Crippen LogP contribution in [-0.2, 0) is 17.9 Å². The van der Waals surface area contributed by atoms with E-state index in [1.54, 1.807) is 11.3 Å². The molecule has 126 valence electrons. The summed E-state index contributed by atoms with van der Waals surface area (Å²) in [6.45, 7) is 1.54. The van der Waals surface area contributed by atoms with E-state index in [2.05, 4.69) is 21.9 Å². The van der Waals surface area contributed by atoms with Crippen molar-refractivity contribution in [3.8, 4) is 11.3 Å². The van der Waals surface area contributed by atoms with Gasteiger partial charge in [0.2, 0.25) is 5.91 Å². The summed E-state index contributed by atoms with van der Waals surface area (Å²) in [7, 11) is 0. The SMILES string of the molecule is O=C(Cn1ccc2ccccc21)NCCn1ccc(-c2ccsc2)n1. The zero-order chi connectivity index (χ0) is 17.1. The second-order valence-corrected chi connectivity index (χ2v) is 6.61. The van der Waals surface area contributed by atoms with E-state index in [1.807, 2.05) is 63.4 Å². The first kappa shape index (κ1) is 15.7. The monoisotopic (exact) mass is 350 g/mol. The summed E-state index contributed by atoms with van der Waals surface area (Å²) < 4.78 is 3.82. The van der Waals surface area contributed by atoms with Crippen molar-refractivity contribution in [1.29, 1.82) is 0 Å². The predicted octanol–water partition coefficient (Wildman–Crippen LogP) is 3.38.